The van der Waals surface area contributed by atoms with Gasteiger partial charge in [0.2, 0.25) is 5.70 Å². The molecule has 0 amide bonds. The standard InChI is InChI=1S/C11H11BrN2O4/c12-7-1-2-11(14(17)18)8-9-3-5-10(6-4-9)13(15)16/h3-6,8H,1-2,7H2/b11-8+. The fourth-order valence-corrected chi connectivity index (χ4v) is 1.63. The van der Waals surface area contributed by atoms with Gasteiger partial charge in [-0.2, -0.15) is 0 Å². The topological polar surface area (TPSA) is 86.3 Å². The molecule has 0 saturated heterocycles. The van der Waals surface area contributed by atoms with E-state index in [9.17, 15) is 20.2 Å². The summed E-state index contributed by atoms with van der Waals surface area (Å²) in [5.74, 6) is 0. The van der Waals surface area contributed by atoms with Gasteiger partial charge in [0.05, 0.1) is 9.85 Å². The fourth-order valence-electron chi connectivity index (χ4n) is 1.35. The van der Waals surface area contributed by atoms with E-state index in [1.807, 2.05) is 0 Å². The van der Waals surface area contributed by atoms with Crippen molar-refractivity contribution in [2.45, 2.75) is 12.8 Å². The summed E-state index contributed by atoms with van der Waals surface area (Å²) >= 11 is 3.21. The van der Waals surface area contributed by atoms with Crippen LogP contribution in [0.15, 0.2) is 30.0 Å². The van der Waals surface area contributed by atoms with E-state index in [1.54, 1.807) is 0 Å². The second-order valence-corrected chi connectivity index (χ2v) is 4.33. The number of nitro benzene ring substituents is 1. The average Bonchev–Trinajstić information content (AvgIpc) is 2.34. The molecule has 0 spiro atoms. The Bertz CT molecular complexity index is 470. The van der Waals surface area contributed by atoms with E-state index in [2.05, 4.69) is 15.9 Å². The molecule has 0 bridgehead atoms. The smallest absolute Gasteiger partial charge is 0.259 e. The Morgan fingerprint density at radius 1 is 1.22 bits per heavy atom. The lowest BCUT2D eigenvalue weighted by molar-refractivity contribution is -0.426. The minimum Gasteiger partial charge on any atom is -0.259 e. The predicted molar refractivity (Wildman–Crippen MR) is 71.1 cm³/mol. The van der Waals surface area contributed by atoms with Crippen LogP contribution in [0.25, 0.3) is 6.08 Å². The summed E-state index contributed by atoms with van der Waals surface area (Å²) in [5, 5.41) is 22.0. The first-order valence-electron chi connectivity index (χ1n) is 5.20. The van der Waals surface area contributed by atoms with E-state index in [4.69, 9.17) is 0 Å². The lowest BCUT2D eigenvalue weighted by Crippen LogP contribution is -1.99. The first-order valence-corrected chi connectivity index (χ1v) is 6.32. The van der Waals surface area contributed by atoms with Crippen LogP contribution in [0.2, 0.25) is 0 Å². The number of nitro groups is 2. The molecule has 0 saturated carbocycles. The Morgan fingerprint density at radius 3 is 2.28 bits per heavy atom. The molecular formula is C11H11BrN2O4. The van der Waals surface area contributed by atoms with Crippen LogP contribution in [-0.2, 0) is 0 Å². The molecule has 1 rings (SSSR count). The minimum atomic E-state index is -0.507. The first kappa shape index (κ1) is 14.3. The number of non-ortho nitro benzene ring substituents is 1. The van der Waals surface area contributed by atoms with Crippen LogP contribution in [-0.4, -0.2) is 15.2 Å². The fraction of sp³-hybridized carbons (Fsp3) is 0.273. The van der Waals surface area contributed by atoms with Crippen molar-refractivity contribution in [2.24, 2.45) is 0 Å². The van der Waals surface area contributed by atoms with Gasteiger partial charge in [0.1, 0.15) is 0 Å². The molecule has 0 aliphatic heterocycles. The number of rotatable bonds is 6. The first-order chi connectivity index (χ1) is 8.54. The maximum absolute atomic E-state index is 10.8. The second kappa shape index (κ2) is 6.85. The molecule has 0 N–H and O–H groups in total. The number of hydrogen-bond donors (Lipinski definition) is 0. The Labute approximate surface area is 112 Å². The third kappa shape index (κ3) is 4.25. The molecule has 0 unspecified atom stereocenters. The van der Waals surface area contributed by atoms with Crippen molar-refractivity contribution in [1.82, 2.24) is 0 Å². The van der Waals surface area contributed by atoms with Crippen molar-refractivity contribution in [3.63, 3.8) is 0 Å². The quantitative estimate of drug-likeness (QED) is 0.457. The maximum atomic E-state index is 10.8. The van der Waals surface area contributed by atoms with Crippen LogP contribution in [0.1, 0.15) is 18.4 Å². The van der Waals surface area contributed by atoms with Crippen molar-refractivity contribution in [2.75, 3.05) is 5.33 Å². The average molecular weight is 315 g/mol. The second-order valence-electron chi connectivity index (χ2n) is 3.53. The van der Waals surface area contributed by atoms with Crippen molar-refractivity contribution < 1.29 is 9.85 Å². The molecule has 0 aliphatic carbocycles. The van der Waals surface area contributed by atoms with E-state index in [-0.39, 0.29) is 11.4 Å². The van der Waals surface area contributed by atoms with E-state index in [0.717, 1.165) is 0 Å². The predicted octanol–water partition coefficient (Wildman–Crippen LogP) is 3.39. The third-order valence-electron chi connectivity index (χ3n) is 2.24. The molecule has 0 heterocycles. The maximum Gasteiger partial charge on any atom is 0.269 e. The number of halogens is 1. The zero-order valence-corrected chi connectivity index (χ0v) is 11.0. The van der Waals surface area contributed by atoms with Crippen LogP contribution < -0.4 is 0 Å². The van der Waals surface area contributed by atoms with Gasteiger partial charge in [0, 0.05) is 30.0 Å². The molecule has 6 nitrogen and oxygen atoms in total. The van der Waals surface area contributed by atoms with E-state index >= 15 is 0 Å². The highest BCUT2D eigenvalue weighted by Gasteiger charge is 2.10. The summed E-state index contributed by atoms with van der Waals surface area (Å²) in [4.78, 5) is 20.3. The molecule has 0 radical (unpaired) electrons. The van der Waals surface area contributed by atoms with Gasteiger partial charge in [0.25, 0.3) is 5.69 Å². The molecule has 0 atom stereocenters. The summed E-state index contributed by atoms with van der Waals surface area (Å²) in [6, 6.07) is 5.65. The van der Waals surface area contributed by atoms with Crippen LogP contribution in [0.5, 0.6) is 0 Å². The highest BCUT2D eigenvalue weighted by atomic mass is 79.9. The van der Waals surface area contributed by atoms with Crippen LogP contribution >= 0.6 is 15.9 Å². The van der Waals surface area contributed by atoms with Crippen LogP contribution in [0.3, 0.4) is 0 Å². The summed E-state index contributed by atoms with van der Waals surface area (Å²) in [5.41, 5.74) is 0.653. The number of nitrogens with zero attached hydrogens (tertiary/aromatic N) is 2. The number of allylic oxidation sites excluding steroid dienone is 1. The molecule has 0 aliphatic rings. The van der Waals surface area contributed by atoms with Crippen molar-refractivity contribution in [1.29, 1.82) is 0 Å². The molecular weight excluding hydrogens is 304 g/mol. The summed E-state index contributed by atoms with van der Waals surface area (Å²) in [6.45, 7) is 0. The van der Waals surface area contributed by atoms with Crippen molar-refractivity contribution in [3.8, 4) is 0 Å². The molecule has 7 heteroatoms. The Kier molecular flexibility index (Phi) is 5.44. The Hall–Kier alpha value is -1.76. The molecule has 1 aromatic rings. The summed E-state index contributed by atoms with van der Waals surface area (Å²) in [6.07, 6.45) is 2.46. The highest BCUT2D eigenvalue weighted by molar-refractivity contribution is 9.09. The van der Waals surface area contributed by atoms with Gasteiger partial charge in [-0.1, -0.05) is 15.9 Å². The largest absolute Gasteiger partial charge is 0.269 e. The van der Waals surface area contributed by atoms with Crippen molar-refractivity contribution >= 4 is 27.7 Å². The van der Waals surface area contributed by atoms with Gasteiger partial charge >= 0.3 is 0 Å². The van der Waals surface area contributed by atoms with E-state index < -0.39 is 9.85 Å². The zero-order chi connectivity index (χ0) is 13.5. The van der Waals surface area contributed by atoms with Gasteiger partial charge < -0.3 is 0 Å². The van der Waals surface area contributed by atoms with Gasteiger partial charge in [-0.15, -0.1) is 0 Å². The molecule has 96 valence electrons. The minimum absolute atomic E-state index is 0.0322. The third-order valence-corrected chi connectivity index (χ3v) is 2.80. The van der Waals surface area contributed by atoms with Gasteiger partial charge in [-0.25, -0.2) is 0 Å². The molecule has 0 aromatic heterocycles. The lowest BCUT2D eigenvalue weighted by Gasteiger charge is -1.98. The monoisotopic (exact) mass is 314 g/mol. The summed E-state index contributed by atoms with van der Waals surface area (Å²) < 4.78 is 0. The number of hydrogen-bond acceptors (Lipinski definition) is 4. The van der Waals surface area contributed by atoms with E-state index in [0.29, 0.717) is 23.7 Å². The zero-order valence-electron chi connectivity index (χ0n) is 9.41. The van der Waals surface area contributed by atoms with Gasteiger partial charge in [-0.3, -0.25) is 20.2 Å². The van der Waals surface area contributed by atoms with Crippen LogP contribution in [0.4, 0.5) is 5.69 Å². The number of alkyl halides is 1. The lowest BCUT2D eigenvalue weighted by atomic mass is 10.1. The Morgan fingerprint density at radius 2 is 1.83 bits per heavy atom. The van der Waals surface area contributed by atoms with Crippen LogP contribution in [0, 0.1) is 20.2 Å². The van der Waals surface area contributed by atoms with Crippen molar-refractivity contribution in [3.05, 3.63) is 55.8 Å². The number of benzene rings is 1. The van der Waals surface area contributed by atoms with E-state index in [1.165, 1.54) is 30.3 Å². The normalized spacial score (nSPS) is 11.3. The Balaban J connectivity index is 2.90. The van der Waals surface area contributed by atoms with Gasteiger partial charge in [0.15, 0.2) is 0 Å². The molecule has 1 aromatic carbocycles. The SMILES string of the molecule is O=[N+]([O-])/C(=C/c1ccc([N+](=O)[O-])cc1)CCCBr. The molecule has 0 fully saturated rings. The summed E-state index contributed by atoms with van der Waals surface area (Å²) in [7, 11) is 0. The molecule has 18 heavy (non-hydrogen) atoms. The highest BCUT2D eigenvalue weighted by Crippen LogP contribution is 2.16. The van der Waals surface area contributed by atoms with Gasteiger partial charge in [-0.05, 0) is 24.1 Å².